The molecule has 0 saturated heterocycles. The molecule has 1 aromatic carbocycles. The summed E-state index contributed by atoms with van der Waals surface area (Å²) in [6, 6.07) is 7.72. The van der Waals surface area contributed by atoms with Crippen molar-refractivity contribution in [1.29, 1.82) is 0 Å². The van der Waals surface area contributed by atoms with Crippen LogP contribution in [0.4, 0.5) is 0 Å². The molecule has 0 aliphatic carbocycles. The van der Waals surface area contributed by atoms with Crippen LogP contribution in [0.5, 0.6) is 0 Å². The molecule has 5 nitrogen and oxygen atoms in total. The van der Waals surface area contributed by atoms with Crippen molar-refractivity contribution in [2.45, 2.75) is 36.2 Å². The quantitative estimate of drug-likeness (QED) is 0.433. The number of rotatable bonds is 5. The number of halogens is 1. The van der Waals surface area contributed by atoms with Crippen LogP contribution in [-0.4, -0.2) is 9.55 Å². The Balaban J connectivity index is 2.41. The Labute approximate surface area is 133 Å². The number of aromatic nitrogens is 2. The maximum Gasteiger partial charge on any atom is 0.115 e. The van der Waals surface area contributed by atoms with Crippen LogP contribution in [0.25, 0.3) is 10.4 Å². The molecule has 7 heteroatoms. The Morgan fingerprint density at radius 1 is 1.48 bits per heavy atom. The number of nitrogens with zero attached hydrogens (tertiary/aromatic N) is 5. The lowest BCUT2D eigenvalue weighted by Gasteiger charge is -2.08. The minimum Gasteiger partial charge on any atom is -0.326 e. The van der Waals surface area contributed by atoms with E-state index in [-0.39, 0.29) is 12.5 Å². The van der Waals surface area contributed by atoms with E-state index in [1.54, 1.807) is 11.8 Å². The van der Waals surface area contributed by atoms with Crippen molar-refractivity contribution in [2.75, 3.05) is 0 Å². The first-order valence-electron chi connectivity index (χ1n) is 6.52. The second-order valence-corrected chi connectivity index (χ2v) is 6.38. The Bertz CT molecular complexity index is 689. The predicted octanol–water partition coefficient (Wildman–Crippen LogP) is 5.16. The molecule has 1 heterocycles. The Morgan fingerprint density at radius 3 is 2.86 bits per heavy atom. The third kappa shape index (κ3) is 3.73. The summed E-state index contributed by atoms with van der Waals surface area (Å²) in [5.74, 6) is 1.05. The Kier molecular flexibility index (Phi) is 5.17. The number of benzene rings is 1. The van der Waals surface area contributed by atoms with Crippen molar-refractivity contribution in [3.63, 3.8) is 0 Å². The van der Waals surface area contributed by atoms with Crippen LogP contribution in [0.3, 0.4) is 0 Å². The molecular formula is C14H16ClN5S. The highest BCUT2D eigenvalue weighted by molar-refractivity contribution is 7.99. The summed E-state index contributed by atoms with van der Waals surface area (Å²) < 4.78 is 1.98. The van der Waals surface area contributed by atoms with Gasteiger partial charge in [0.15, 0.2) is 0 Å². The monoisotopic (exact) mass is 321 g/mol. The van der Waals surface area contributed by atoms with Crippen LogP contribution in [0.1, 0.15) is 31.3 Å². The van der Waals surface area contributed by atoms with E-state index in [0.29, 0.717) is 5.02 Å². The van der Waals surface area contributed by atoms with Gasteiger partial charge in [0.25, 0.3) is 0 Å². The molecular weight excluding hydrogens is 306 g/mol. The van der Waals surface area contributed by atoms with Crippen LogP contribution >= 0.6 is 23.4 Å². The predicted molar refractivity (Wildman–Crippen MR) is 85.7 cm³/mol. The normalized spacial score (nSPS) is 10.7. The average Bonchev–Trinajstić information content (AvgIpc) is 2.74. The highest BCUT2D eigenvalue weighted by Crippen LogP contribution is 2.35. The summed E-state index contributed by atoms with van der Waals surface area (Å²) in [6.45, 7) is 4.45. The maximum absolute atomic E-state index is 8.47. The summed E-state index contributed by atoms with van der Waals surface area (Å²) in [6.07, 6.45) is 0. The zero-order valence-corrected chi connectivity index (χ0v) is 13.7. The first kappa shape index (κ1) is 15.8. The van der Waals surface area contributed by atoms with Gasteiger partial charge in [0.1, 0.15) is 10.9 Å². The molecule has 0 spiro atoms. The van der Waals surface area contributed by atoms with Crippen molar-refractivity contribution >= 4 is 23.4 Å². The lowest BCUT2D eigenvalue weighted by Crippen LogP contribution is -1.97. The summed E-state index contributed by atoms with van der Waals surface area (Å²) in [7, 11) is 1.94. The number of hydrogen-bond donors (Lipinski definition) is 0. The van der Waals surface area contributed by atoms with Gasteiger partial charge in [-0.1, -0.05) is 48.4 Å². The first-order valence-corrected chi connectivity index (χ1v) is 7.72. The van der Waals surface area contributed by atoms with Gasteiger partial charge in [-0.25, -0.2) is 4.98 Å². The summed E-state index contributed by atoms with van der Waals surface area (Å²) in [4.78, 5) is 8.47. The van der Waals surface area contributed by atoms with E-state index < -0.39 is 0 Å². The van der Waals surface area contributed by atoms with E-state index in [1.807, 2.05) is 35.9 Å². The lowest BCUT2D eigenvalue weighted by atomic mass is 10.2. The molecule has 0 atom stereocenters. The second-order valence-electron chi connectivity index (χ2n) is 4.88. The molecule has 21 heavy (non-hydrogen) atoms. The smallest absolute Gasteiger partial charge is 0.115 e. The van der Waals surface area contributed by atoms with E-state index >= 15 is 0 Å². The molecule has 0 unspecified atom stereocenters. The van der Waals surface area contributed by atoms with Gasteiger partial charge in [0.2, 0.25) is 0 Å². The van der Waals surface area contributed by atoms with Crippen LogP contribution in [-0.2, 0) is 13.6 Å². The summed E-state index contributed by atoms with van der Waals surface area (Å²) in [5, 5.41) is 5.37. The molecule has 2 rings (SSSR count). The van der Waals surface area contributed by atoms with Gasteiger partial charge in [-0.3, -0.25) is 0 Å². The number of imidazole rings is 1. The van der Waals surface area contributed by atoms with Crippen LogP contribution < -0.4 is 0 Å². The molecule has 0 amide bonds. The number of azide groups is 1. The van der Waals surface area contributed by atoms with Gasteiger partial charge < -0.3 is 4.57 Å². The van der Waals surface area contributed by atoms with E-state index in [1.165, 1.54) is 0 Å². The van der Waals surface area contributed by atoms with Crippen LogP contribution in [0.2, 0.25) is 5.02 Å². The van der Waals surface area contributed by atoms with E-state index in [0.717, 1.165) is 21.4 Å². The molecule has 0 aliphatic heterocycles. The fourth-order valence-corrected chi connectivity index (χ4v) is 3.37. The standard InChI is InChI=1S/C14H16ClN5S/c1-9(2)13-14(20(3)12(18-13)8-17-19-16)21-11-6-4-5-10(15)7-11/h4-7,9H,8H2,1-3H3. The lowest BCUT2D eigenvalue weighted by molar-refractivity contribution is 0.731. The van der Waals surface area contributed by atoms with Gasteiger partial charge in [0, 0.05) is 21.9 Å². The topological polar surface area (TPSA) is 66.6 Å². The molecule has 1 aromatic heterocycles. The van der Waals surface area contributed by atoms with Gasteiger partial charge >= 0.3 is 0 Å². The average molecular weight is 322 g/mol. The molecule has 0 saturated carbocycles. The minimum atomic E-state index is 0.253. The van der Waals surface area contributed by atoms with E-state index in [9.17, 15) is 0 Å². The van der Waals surface area contributed by atoms with Crippen molar-refractivity contribution in [3.8, 4) is 0 Å². The highest BCUT2D eigenvalue weighted by atomic mass is 35.5. The van der Waals surface area contributed by atoms with Gasteiger partial charge in [-0.15, -0.1) is 0 Å². The van der Waals surface area contributed by atoms with Crippen molar-refractivity contribution in [3.05, 3.63) is 51.2 Å². The molecule has 0 radical (unpaired) electrons. The summed E-state index contributed by atoms with van der Waals surface area (Å²) >= 11 is 7.65. The molecule has 110 valence electrons. The maximum atomic E-state index is 8.47. The molecule has 0 aliphatic rings. The van der Waals surface area contributed by atoms with Gasteiger partial charge in [-0.05, 0) is 29.6 Å². The Hall–Kier alpha value is -1.62. The van der Waals surface area contributed by atoms with E-state index in [4.69, 9.17) is 17.1 Å². The first-order chi connectivity index (χ1) is 10.0. The third-order valence-corrected chi connectivity index (χ3v) is 4.39. The van der Waals surface area contributed by atoms with Gasteiger partial charge in [0.05, 0.1) is 12.2 Å². The van der Waals surface area contributed by atoms with Crippen molar-refractivity contribution < 1.29 is 0 Å². The van der Waals surface area contributed by atoms with Gasteiger partial charge in [-0.2, -0.15) is 0 Å². The van der Waals surface area contributed by atoms with E-state index in [2.05, 4.69) is 28.9 Å². The Morgan fingerprint density at radius 2 is 2.24 bits per heavy atom. The third-order valence-electron chi connectivity index (χ3n) is 2.99. The fraction of sp³-hybridized carbons (Fsp3) is 0.357. The fourth-order valence-electron chi connectivity index (χ4n) is 1.93. The molecule has 0 fully saturated rings. The molecule has 2 aromatic rings. The van der Waals surface area contributed by atoms with Crippen molar-refractivity contribution in [2.24, 2.45) is 12.2 Å². The SMILES string of the molecule is CC(C)c1nc(CN=[N+]=[N-])n(C)c1Sc1cccc(Cl)c1. The van der Waals surface area contributed by atoms with Crippen molar-refractivity contribution in [1.82, 2.24) is 9.55 Å². The zero-order chi connectivity index (χ0) is 15.4. The number of hydrogen-bond acceptors (Lipinski definition) is 3. The molecule has 0 bridgehead atoms. The van der Waals surface area contributed by atoms with Crippen LogP contribution in [0, 0.1) is 0 Å². The molecule has 0 N–H and O–H groups in total. The minimum absolute atomic E-state index is 0.253. The highest BCUT2D eigenvalue weighted by Gasteiger charge is 2.18. The summed E-state index contributed by atoms with van der Waals surface area (Å²) in [5.41, 5.74) is 9.48. The van der Waals surface area contributed by atoms with Crippen LogP contribution in [0.15, 0.2) is 39.3 Å². The zero-order valence-electron chi connectivity index (χ0n) is 12.1. The second kappa shape index (κ2) is 6.89. The largest absolute Gasteiger partial charge is 0.326 e.